The molecular weight excluding hydrogens is 390 g/mol. The number of aryl methyl sites for hydroxylation is 2. The number of Topliss-reactive ketones (excluding diaryl/α,β-unsaturated/α-hetero) is 1. The van der Waals surface area contributed by atoms with Crippen LogP contribution in [0.5, 0.6) is 5.75 Å². The van der Waals surface area contributed by atoms with E-state index in [1.54, 1.807) is 11.0 Å². The molecule has 0 radical (unpaired) electrons. The minimum absolute atomic E-state index is 0.113. The van der Waals surface area contributed by atoms with Gasteiger partial charge in [0, 0.05) is 12.1 Å². The molecule has 1 saturated heterocycles. The van der Waals surface area contributed by atoms with Crippen molar-refractivity contribution < 1.29 is 19.4 Å². The molecule has 4 rings (SSSR count). The first-order chi connectivity index (χ1) is 15.0. The summed E-state index contributed by atoms with van der Waals surface area (Å²) in [4.78, 5) is 27.7. The van der Waals surface area contributed by atoms with E-state index in [9.17, 15) is 14.7 Å². The molecule has 1 atom stereocenters. The normalized spacial score (nSPS) is 19.9. The van der Waals surface area contributed by atoms with Crippen LogP contribution in [-0.4, -0.2) is 34.8 Å². The molecule has 5 heteroatoms. The predicted octanol–water partition coefficient (Wildman–Crippen LogP) is 4.93. The van der Waals surface area contributed by atoms with Crippen molar-refractivity contribution in [3.05, 3.63) is 70.3 Å². The van der Waals surface area contributed by atoms with E-state index in [-0.39, 0.29) is 11.3 Å². The Kier molecular flexibility index (Phi) is 6.12. The molecule has 1 fully saturated rings. The number of carbonyl (C=O) groups is 2. The summed E-state index contributed by atoms with van der Waals surface area (Å²) in [5.41, 5.74) is 3.60. The highest BCUT2D eigenvalue weighted by molar-refractivity contribution is 6.46. The van der Waals surface area contributed by atoms with Crippen LogP contribution in [0, 0.1) is 6.92 Å². The lowest BCUT2D eigenvalue weighted by molar-refractivity contribution is -0.139. The summed E-state index contributed by atoms with van der Waals surface area (Å²) >= 11 is 0. The van der Waals surface area contributed by atoms with E-state index in [1.807, 2.05) is 43.3 Å². The summed E-state index contributed by atoms with van der Waals surface area (Å²) < 4.78 is 5.67. The SMILES string of the molecule is CCCCCN1C(=O)C(=O)/C(=C(/O)c2ccc3c(c2)CCCO3)C1c1ccccc1C. The Hall–Kier alpha value is -3.08. The van der Waals surface area contributed by atoms with Crippen LogP contribution in [-0.2, 0) is 16.0 Å². The van der Waals surface area contributed by atoms with Gasteiger partial charge in [-0.3, -0.25) is 9.59 Å². The number of benzene rings is 2. The fourth-order valence-electron chi connectivity index (χ4n) is 4.52. The molecule has 2 aromatic carbocycles. The lowest BCUT2D eigenvalue weighted by Gasteiger charge is -2.26. The van der Waals surface area contributed by atoms with Crippen molar-refractivity contribution in [1.82, 2.24) is 4.90 Å². The Morgan fingerprint density at radius 2 is 1.97 bits per heavy atom. The first-order valence-corrected chi connectivity index (χ1v) is 11.1. The molecule has 1 unspecified atom stereocenters. The van der Waals surface area contributed by atoms with Gasteiger partial charge in [0.15, 0.2) is 0 Å². The van der Waals surface area contributed by atoms with Crippen molar-refractivity contribution in [2.24, 2.45) is 0 Å². The summed E-state index contributed by atoms with van der Waals surface area (Å²) in [5, 5.41) is 11.3. The van der Waals surface area contributed by atoms with Crippen LogP contribution < -0.4 is 4.74 Å². The van der Waals surface area contributed by atoms with E-state index in [4.69, 9.17) is 4.74 Å². The van der Waals surface area contributed by atoms with Crippen LogP contribution in [0.4, 0.5) is 0 Å². The number of aliphatic hydroxyl groups is 1. The third kappa shape index (κ3) is 3.97. The number of hydrogen-bond acceptors (Lipinski definition) is 4. The van der Waals surface area contributed by atoms with Crippen LogP contribution in [0.15, 0.2) is 48.0 Å². The van der Waals surface area contributed by atoms with E-state index in [1.165, 1.54) is 0 Å². The van der Waals surface area contributed by atoms with Crippen LogP contribution in [0.1, 0.15) is 60.9 Å². The van der Waals surface area contributed by atoms with Crippen molar-refractivity contribution in [1.29, 1.82) is 0 Å². The fourth-order valence-corrected chi connectivity index (χ4v) is 4.52. The van der Waals surface area contributed by atoms with E-state index in [0.717, 1.165) is 54.5 Å². The Balaban J connectivity index is 1.82. The summed E-state index contributed by atoms with van der Waals surface area (Å²) in [6.45, 7) is 5.26. The highest BCUT2D eigenvalue weighted by Gasteiger charge is 2.46. The molecule has 2 heterocycles. The second-order valence-electron chi connectivity index (χ2n) is 8.33. The third-order valence-electron chi connectivity index (χ3n) is 6.21. The van der Waals surface area contributed by atoms with Gasteiger partial charge in [0.25, 0.3) is 11.7 Å². The molecule has 1 N–H and O–H groups in total. The Morgan fingerprint density at radius 1 is 1.16 bits per heavy atom. The molecule has 1 amide bonds. The number of amides is 1. The first-order valence-electron chi connectivity index (χ1n) is 11.1. The maximum atomic E-state index is 13.1. The van der Waals surface area contributed by atoms with Gasteiger partial charge in [-0.2, -0.15) is 0 Å². The molecule has 2 aliphatic heterocycles. The molecule has 2 aromatic rings. The molecule has 0 aromatic heterocycles. The molecule has 0 saturated carbocycles. The quantitative estimate of drug-likeness (QED) is 0.312. The second-order valence-corrected chi connectivity index (χ2v) is 8.33. The van der Waals surface area contributed by atoms with Gasteiger partial charge in [-0.25, -0.2) is 0 Å². The topological polar surface area (TPSA) is 66.8 Å². The van der Waals surface area contributed by atoms with Crippen molar-refractivity contribution in [3.8, 4) is 5.75 Å². The number of carbonyl (C=O) groups excluding carboxylic acids is 2. The van der Waals surface area contributed by atoms with Gasteiger partial charge in [-0.05, 0) is 61.1 Å². The molecule has 0 aliphatic carbocycles. The average molecular weight is 420 g/mol. The maximum Gasteiger partial charge on any atom is 0.295 e. The van der Waals surface area contributed by atoms with E-state index >= 15 is 0 Å². The number of ether oxygens (including phenoxy) is 1. The highest BCUT2D eigenvalue weighted by atomic mass is 16.5. The fraction of sp³-hybridized carbons (Fsp3) is 0.385. The molecule has 2 aliphatic rings. The van der Waals surface area contributed by atoms with Crippen molar-refractivity contribution >= 4 is 17.4 Å². The molecule has 31 heavy (non-hydrogen) atoms. The molecule has 162 valence electrons. The number of nitrogens with zero attached hydrogens (tertiary/aromatic N) is 1. The zero-order chi connectivity index (χ0) is 22.0. The van der Waals surface area contributed by atoms with E-state index in [0.29, 0.717) is 18.7 Å². The summed E-state index contributed by atoms with van der Waals surface area (Å²) in [6.07, 6.45) is 4.61. The van der Waals surface area contributed by atoms with Crippen LogP contribution in [0.2, 0.25) is 0 Å². The minimum atomic E-state index is -0.615. The van der Waals surface area contributed by atoms with Crippen molar-refractivity contribution in [3.63, 3.8) is 0 Å². The molecule has 0 spiro atoms. The lowest BCUT2D eigenvalue weighted by Crippen LogP contribution is -2.31. The van der Waals surface area contributed by atoms with Gasteiger partial charge in [0.1, 0.15) is 11.5 Å². The molecular formula is C26H29NO4. The third-order valence-corrected chi connectivity index (χ3v) is 6.21. The number of unbranched alkanes of at least 4 members (excludes halogenated alkanes) is 2. The zero-order valence-electron chi connectivity index (χ0n) is 18.2. The minimum Gasteiger partial charge on any atom is -0.507 e. The smallest absolute Gasteiger partial charge is 0.295 e. The Bertz CT molecular complexity index is 1040. The molecule has 0 bridgehead atoms. The summed E-state index contributed by atoms with van der Waals surface area (Å²) in [6, 6.07) is 12.7. The van der Waals surface area contributed by atoms with Crippen LogP contribution in [0.3, 0.4) is 0 Å². The van der Waals surface area contributed by atoms with Crippen LogP contribution >= 0.6 is 0 Å². The first kappa shape index (κ1) is 21.2. The van der Waals surface area contributed by atoms with Gasteiger partial charge in [0.2, 0.25) is 0 Å². The van der Waals surface area contributed by atoms with Crippen LogP contribution in [0.25, 0.3) is 5.76 Å². The number of likely N-dealkylation sites (tertiary alicyclic amines) is 1. The standard InChI is InChI=1S/C26H29NO4/c1-3-4-7-14-27-23(20-11-6-5-9-17(20)2)22(25(29)26(27)30)24(28)19-12-13-21-18(16-19)10-8-15-31-21/h5-6,9,11-13,16,23,28H,3-4,7-8,10,14-15H2,1-2H3/b24-22+. The summed E-state index contributed by atoms with van der Waals surface area (Å²) in [5.74, 6) is -0.445. The predicted molar refractivity (Wildman–Crippen MR) is 120 cm³/mol. The zero-order valence-corrected chi connectivity index (χ0v) is 18.2. The number of ketones is 1. The number of aliphatic hydroxyl groups excluding tert-OH is 1. The Labute approximate surface area is 183 Å². The Morgan fingerprint density at radius 3 is 2.74 bits per heavy atom. The monoisotopic (exact) mass is 419 g/mol. The number of rotatable bonds is 6. The van der Waals surface area contributed by atoms with Gasteiger partial charge in [-0.1, -0.05) is 44.0 Å². The highest BCUT2D eigenvalue weighted by Crippen LogP contribution is 2.41. The van der Waals surface area contributed by atoms with Crippen molar-refractivity contribution in [2.45, 2.75) is 52.0 Å². The van der Waals surface area contributed by atoms with Gasteiger partial charge >= 0.3 is 0 Å². The average Bonchev–Trinajstić information content (AvgIpc) is 3.03. The van der Waals surface area contributed by atoms with E-state index < -0.39 is 17.7 Å². The maximum absolute atomic E-state index is 13.1. The lowest BCUT2D eigenvalue weighted by atomic mass is 9.92. The van der Waals surface area contributed by atoms with Gasteiger partial charge < -0.3 is 14.7 Å². The number of fused-ring (bicyclic) bond motifs is 1. The van der Waals surface area contributed by atoms with Crippen molar-refractivity contribution in [2.75, 3.05) is 13.2 Å². The molecule has 5 nitrogen and oxygen atoms in total. The summed E-state index contributed by atoms with van der Waals surface area (Å²) in [7, 11) is 0. The second kappa shape index (κ2) is 8.96. The number of hydrogen-bond donors (Lipinski definition) is 1. The van der Waals surface area contributed by atoms with E-state index in [2.05, 4.69) is 6.92 Å². The van der Waals surface area contributed by atoms with Gasteiger partial charge in [-0.15, -0.1) is 0 Å². The largest absolute Gasteiger partial charge is 0.507 e. The van der Waals surface area contributed by atoms with Gasteiger partial charge in [0.05, 0.1) is 18.2 Å².